The maximum absolute atomic E-state index is 11.9. The Hall–Kier alpha value is -0.990. The maximum atomic E-state index is 11.9. The normalized spacial score (nSPS) is 9.25. The molecule has 2 nitrogen and oxygen atoms in total. The van der Waals surface area contributed by atoms with Crippen molar-refractivity contribution in [2.24, 2.45) is 0 Å². The fourth-order valence-corrected chi connectivity index (χ4v) is 0.377. The van der Waals surface area contributed by atoms with Gasteiger partial charge < -0.3 is 0 Å². The highest BCUT2D eigenvalue weighted by molar-refractivity contribution is 4.97. The second-order valence-corrected chi connectivity index (χ2v) is 1.53. The Morgan fingerprint density at radius 3 is 2.25 bits per heavy atom. The number of rotatable bonds is 0. The van der Waals surface area contributed by atoms with Crippen LogP contribution in [0.15, 0.2) is 12.4 Å². The predicted octanol–water partition coefficient (Wildman–Crippen LogP) is 0.924. The van der Waals surface area contributed by atoms with Crippen LogP contribution in [0.1, 0.15) is 5.56 Å². The van der Waals surface area contributed by atoms with Crippen LogP contribution < -0.4 is 0 Å². The minimum atomic E-state index is -0.671. The van der Waals surface area contributed by atoms with Crippen molar-refractivity contribution in [2.75, 3.05) is 0 Å². The summed E-state index contributed by atoms with van der Waals surface area (Å²) in [6, 6.07) is 0. The minimum Gasteiger partial charge on any atom is -0.211 e. The molecule has 3 heteroatoms. The summed E-state index contributed by atoms with van der Waals surface area (Å²) in [7, 11) is 0. The first-order valence-corrected chi connectivity index (χ1v) is 2.23. The molecule has 42 valence electrons. The van der Waals surface area contributed by atoms with E-state index in [-0.39, 0.29) is 0 Å². The first kappa shape index (κ1) is 5.15. The predicted molar refractivity (Wildman–Crippen MR) is 26.7 cm³/mol. The number of hydrogen-bond donors (Lipinski definition) is 0. The molecule has 0 saturated heterocycles. The lowest BCUT2D eigenvalue weighted by atomic mass is 10.4. The smallest absolute Gasteiger partial charge is 0.211 e. The Morgan fingerprint density at radius 1 is 1.38 bits per heavy atom. The maximum Gasteiger partial charge on any atom is 0.308 e. The van der Waals surface area contributed by atoms with Crippen LogP contribution in [0.25, 0.3) is 0 Å². The van der Waals surface area contributed by atoms with Crippen LogP contribution in [0.2, 0.25) is 0 Å². The Balaban J connectivity index is 3.03. The molecule has 0 spiro atoms. The zero-order chi connectivity index (χ0) is 5.98. The lowest BCUT2D eigenvalue weighted by Crippen LogP contribution is -1.86. The summed E-state index contributed by atoms with van der Waals surface area (Å²) in [4.78, 5) is 6.60. The van der Waals surface area contributed by atoms with E-state index in [1.807, 2.05) is 0 Å². The number of nitrogens with zero attached hydrogens (tertiary/aromatic N) is 2. The SMILES string of the molecule is Cc1cnc(F)nc1. The van der Waals surface area contributed by atoms with E-state index in [1.54, 1.807) is 6.92 Å². The van der Waals surface area contributed by atoms with Crippen molar-refractivity contribution in [3.63, 3.8) is 0 Å². The quantitative estimate of drug-likeness (QED) is 0.466. The first-order chi connectivity index (χ1) is 3.79. The number of aromatic nitrogens is 2. The van der Waals surface area contributed by atoms with E-state index >= 15 is 0 Å². The van der Waals surface area contributed by atoms with Gasteiger partial charge in [-0.15, -0.1) is 0 Å². The molecule has 0 aliphatic carbocycles. The monoisotopic (exact) mass is 112 g/mol. The number of aryl methyl sites for hydroxylation is 1. The Kier molecular flexibility index (Phi) is 1.20. The van der Waals surface area contributed by atoms with E-state index in [4.69, 9.17) is 0 Å². The molecule has 0 aliphatic rings. The zero-order valence-corrected chi connectivity index (χ0v) is 4.43. The van der Waals surface area contributed by atoms with E-state index in [0.29, 0.717) is 0 Å². The van der Waals surface area contributed by atoms with Crippen LogP contribution >= 0.6 is 0 Å². The van der Waals surface area contributed by atoms with Crippen molar-refractivity contribution in [1.82, 2.24) is 9.97 Å². The molecule has 0 N–H and O–H groups in total. The van der Waals surface area contributed by atoms with Crippen molar-refractivity contribution in [1.29, 1.82) is 0 Å². The van der Waals surface area contributed by atoms with Gasteiger partial charge in [0.05, 0.1) is 0 Å². The number of hydrogen-bond acceptors (Lipinski definition) is 2. The van der Waals surface area contributed by atoms with Gasteiger partial charge in [0.1, 0.15) is 0 Å². The lowest BCUT2D eigenvalue weighted by Gasteiger charge is -1.85. The van der Waals surface area contributed by atoms with Gasteiger partial charge in [-0.2, -0.15) is 4.39 Å². The van der Waals surface area contributed by atoms with Gasteiger partial charge >= 0.3 is 6.08 Å². The van der Waals surface area contributed by atoms with Gasteiger partial charge in [0.2, 0.25) is 0 Å². The standard InChI is InChI=1S/C5H5FN2/c1-4-2-7-5(6)8-3-4/h2-3H,1H3. The molecule has 0 aromatic carbocycles. The first-order valence-electron chi connectivity index (χ1n) is 2.23. The highest BCUT2D eigenvalue weighted by atomic mass is 19.1. The highest BCUT2D eigenvalue weighted by Crippen LogP contribution is 1.89. The van der Waals surface area contributed by atoms with Crippen LogP contribution in [0.5, 0.6) is 0 Å². The zero-order valence-electron chi connectivity index (χ0n) is 4.43. The molecule has 1 aromatic heterocycles. The van der Waals surface area contributed by atoms with Gasteiger partial charge in [0, 0.05) is 12.4 Å². The second-order valence-electron chi connectivity index (χ2n) is 1.53. The fourth-order valence-electron chi connectivity index (χ4n) is 0.377. The summed E-state index contributed by atoms with van der Waals surface area (Å²) in [6.07, 6.45) is 2.19. The van der Waals surface area contributed by atoms with Gasteiger partial charge in [0.15, 0.2) is 0 Å². The Bertz CT molecular complexity index is 149. The van der Waals surface area contributed by atoms with Crippen LogP contribution in [-0.2, 0) is 0 Å². The van der Waals surface area contributed by atoms with Crippen LogP contribution in [0.3, 0.4) is 0 Å². The topological polar surface area (TPSA) is 25.8 Å². The molecule has 8 heavy (non-hydrogen) atoms. The van der Waals surface area contributed by atoms with Crippen LogP contribution in [0.4, 0.5) is 4.39 Å². The molecule has 1 heterocycles. The summed E-state index contributed by atoms with van der Waals surface area (Å²) < 4.78 is 11.9. The van der Waals surface area contributed by atoms with E-state index < -0.39 is 6.08 Å². The van der Waals surface area contributed by atoms with Crippen LogP contribution in [0, 0.1) is 13.0 Å². The summed E-state index contributed by atoms with van der Waals surface area (Å²) in [5.41, 5.74) is 0.867. The molecule has 0 fully saturated rings. The number of halogens is 1. The molecule has 0 bridgehead atoms. The average Bonchev–Trinajstić information content (AvgIpc) is 1.77. The minimum absolute atomic E-state index is 0.671. The third-order valence-corrected chi connectivity index (χ3v) is 0.749. The van der Waals surface area contributed by atoms with Crippen molar-refractivity contribution in [2.45, 2.75) is 6.92 Å². The highest BCUT2D eigenvalue weighted by Gasteiger charge is 1.86. The van der Waals surface area contributed by atoms with E-state index in [1.165, 1.54) is 12.4 Å². The lowest BCUT2D eigenvalue weighted by molar-refractivity contribution is 0.537. The fraction of sp³-hybridized carbons (Fsp3) is 0.200. The molecular formula is C5H5FN2. The Labute approximate surface area is 46.4 Å². The van der Waals surface area contributed by atoms with Crippen LogP contribution in [-0.4, -0.2) is 9.97 Å². The third kappa shape index (κ3) is 0.992. The van der Waals surface area contributed by atoms with E-state index in [9.17, 15) is 4.39 Å². The van der Waals surface area contributed by atoms with Gasteiger partial charge in [-0.1, -0.05) is 0 Å². The molecule has 0 radical (unpaired) electrons. The summed E-state index contributed by atoms with van der Waals surface area (Å²) in [5.74, 6) is 0. The molecule has 1 aromatic rings. The molecule has 0 saturated carbocycles. The van der Waals surface area contributed by atoms with Crippen molar-refractivity contribution >= 4 is 0 Å². The largest absolute Gasteiger partial charge is 0.308 e. The van der Waals surface area contributed by atoms with E-state index in [0.717, 1.165) is 5.56 Å². The van der Waals surface area contributed by atoms with Crippen molar-refractivity contribution < 1.29 is 4.39 Å². The third-order valence-electron chi connectivity index (χ3n) is 0.749. The summed E-state index contributed by atoms with van der Waals surface area (Å²) >= 11 is 0. The molecular weight excluding hydrogens is 107 g/mol. The van der Waals surface area contributed by atoms with Gasteiger partial charge in [0.25, 0.3) is 0 Å². The van der Waals surface area contributed by atoms with Crippen molar-refractivity contribution in [3.05, 3.63) is 24.0 Å². The second kappa shape index (κ2) is 1.86. The van der Waals surface area contributed by atoms with Gasteiger partial charge in [-0.05, 0) is 12.5 Å². The van der Waals surface area contributed by atoms with Gasteiger partial charge in [-0.25, -0.2) is 9.97 Å². The molecule has 0 aliphatic heterocycles. The van der Waals surface area contributed by atoms with Crippen molar-refractivity contribution in [3.8, 4) is 0 Å². The molecule has 0 amide bonds. The molecule has 0 atom stereocenters. The average molecular weight is 112 g/mol. The van der Waals surface area contributed by atoms with E-state index in [2.05, 4.69) is 9.97 Å². The Morgan fingerprint density at radius 2 is 1.88 bits per heavy atom. The molecule has 0 unspecified atom stereocenters. The summed E-state index contributed by atoms with van der Waals surface area (Å²) in [6.45, 7) is 1.80. The van der Waals surface area contributed by atoms with Gasteiger partial charge in [-0.3, -0.25) is 0 Å². The summed E-state index contributed by atoms with van der Waals surface area (Å²) in [5, 5.41) is 0. The molecule has 1 rings (SSSR count).